The first-order valence-corrected chi connectivity index (χ1v) is 6.44. The first-order chi connectivity index (χ1) is 9.96. The third-order valence-electron chi connectivity index (χ3n) is 2.85. The van der Waals surface area contributed by atoms with Gasteiger partial charge in [0.25, 0.3) is 5.78 Å². The van der Waals surface area contributed by atoms with Crippen LogP contribution in [0.1, 0.15) is 34.1 Å². The number of esters is 1. The molecule has 8 heteroatoms. The van der Waals surface area contributed by atoms with Crippen molar-refractivity contribution < 1.29 is 34.1 Å². The zero-order chi connectivity index (χ0) is 17.7. The molecule has 4 N–H and O–H groups in total. The van der Waals surface area contributed by atoms with Crippen molar-refractivity contribution in [2.45, 2.75) is 46.0 Å². The van der Waals surface area contributed by atoms with Gasteiger partial charge in [0.2, 0.25) is 0 Å². The molecule has 0 fully saturated rings. The Morgan fingerprint density at radius 2 is 1.77 bits per heavy atom. The van der Waals surface area contributed by atoms with Crippen LogP contribution in [0.5, 0.6) is 0 Å². The van der Waals surface area contributed by atoms with Crippen LogP contribution < -0.4 is 5.73 Å². The maximum atomic E-state index is 12.2. The third kappa shape index (κ3) is 4.88. The summed E-state index contributed by atoms with van der Waals surface area (Å²) in [4.78, 5) is 34.7. The summed E-state index contributed by atoms with van der Waals surface area (Å²) in [6, 6.07) is 0. The molecule has 0 aliphatic heterocycles. The van der Waals surface area contributed by atoms with Gasteiger partial charge in [-0.3, -0.25) is 4.79 Å². The van der Waals surface area contributed by atoms with Gasteiger partial charge in [-0.15, -0.1) is 0 Å². The van der Waals surface area contributed by atoms with E-state index < -0.39 is 35.5 Å². The number of aliphatic hydroxyl groups is 2. The van der Waals surface area contributed by atoms with E-state index >= 15 is 0 Å². The molecule has 2 atom stereocenters. The number of nitrogens with two attached hydrogens (primary N) is 1. The maximum Gasteiger partial charge on any atom is 0.408 e. The van der Waals surface area contributed by atoms with Gasteiger partial charge in [-0.2, -0.15) is 0 Å². The molecule has 0 spiro atoms. The minimum Gasteiger partial charge on any atom is -0.509 e. The van der Waals surface area contributed by atoms with Gasteiger partial charge in [0, 0.05) is 12.5 Å². The molecule has 0 bridgehead atoms. The summed E-state index contributed by atoms with van der Waals surface area (Å²) in [6.07, 6.45) is -3.06. The van der Waals surface area contributed by atoms with E-state index in [1.54, 1.807) is 6.92 Å². The van der Waals surface area contributed by atoms with Gasteiger partial charge in [-0.25, -0.2) is 9.59 Å². The molecule has 0 rings (SSSR count). The highest BCUT2D eigenvalue weighted by atomic mass is 16.7. The SMILES string of the molecule is C=C(C)C(=O)OC(C)(OC(N)=O)C(=O)C(O)/C(O)=C(\C)CC. The average molecular weight is 315 g/mol. The first kappa shape index (κ1) is 19.7. The van der Waals surface area contributed by atoms with Crippen LogP contribution in [0.3, 0.4) is 0 Å². The number of carbonyl (C=O) groups excluding carboxylic acids is 3. The molecule has 0 aliphatic rings. The smallest absolute Gasteiger partial charge is 0.408 e. The molecule has 0 aromatic heterocycles. The first-order valence-electron chi connectivity index (χ1n) is 6.44. The van der Waals surface area contributed by atoms with Crippen molar-refractivity contribution in [1.29, 1.82) is 0 Å². The van der Waals surface area contributed by atoms with Crippen LogP contribution >= 0.6 is 0 Å². The largest absolute Gasteiger partial charge is 0.509 e. The predicted molar refractivity (Wildman–Crippen MR) is 76.6 cm³/mol. The van der Waals surface area contributed by atoms with Crippen LogP contribution in [0, 0.1) is 0 Å². The van der Waals surface area contributed by atoms with E-state index in [1.807, 2.05) is 0 Å². The highest BCUT2D eigenvalue weighted by molar-refractivity contribution is 5.96. The number of allylic oxidation sites excluding steroid dienone is 1. The lowest BCUT2D eigenvalue weighted by Gasteiger charge is -2.28. The molecule has 124 valence electrons. The minimum absolute atomic E-state index is 0.0638. The summed E-state index contributed by atoms with van der Waals surface area (Å²) in [5.74, 6) is -5.40. The predicted octanol–water partition coefficient (Wildman–Crippen LogP) is 1.09. The number of primary amides is 1. The number of amides is 1. The summed E-state index contributed by atoms with van der Waals surface area (Å²) in [5.41, 5.74) is 5.12. The van der Waals surface area contributed by atoms with Crippen molar-refractivity contribution in [2.75, 3.05) is 0 Å². The van der Waals surface area contributed by atoms with E-state index in [0.29, 0.717) is 12.0 Å². The second-order valence-corrected chi connectivity index (χ2v) is 4.82. The van der Waals surface area contributed by atoms with Gasteiger partial charge in [0.05, 0.1) is 0 Å². The van der Waals surface area contributed by atoms with Crippen LogP contribution in [-0.2, 0) is 19.1 Å². The Bertz CT molecular complexity index is 523. The zero-order valence-corrected chi connectivity index (χ0v) is 13.0. The molecule has 0 radical (unpaired) electrons. The minimum atomic E-state index is -2.50. The second kappa shape index (κ2) is 7.60. The number of ether oxygens (including phenoxy) is 2. The van der Waals surface area contributed by atoms with Gasteiger partial charge in [0.15, 0.2) is 6.10 Å². The lowest BCUT2D eigenvalue weighted by atomic mass is 10.0. The van der Waals surface area contributed by atoms with Crippen molar-refractivity contribution in [1.82, 2.24) is 0 Å². The summed E-state index contributed by atoms with van der Waals surface area (Å²) < 4.78 is 9.27. The normalized spacial score (nSPS) is 15.9. The summed E-state index contributed by atoms with van der Waals surface area (Å²) in [5, 5.41) is 19.7. The number of hydrogen-bond donors (Lipinski definition) is 3. The van der Waals surface area contributed by atoms with Crippen molar-refractivity contribution >= 4 is 17.8 Å². The van der Waals surface area contributed by atoms with Crippen molar-refractivity contribution in [3.05, 3.63) is 23.5 Å². The Balaban J connectivity index is 5.60. The molecule has 0 saturated carbocycles. The number of ketones is 1. The second-order valence-electron chi connectivity index (χ2n) is 4.82. The standard InChI is InChI=1S/C14H21NO7/c1-6-8(4)9(16)10(17)11(18)14(5,22-13(15)20)21-12(19)7(2)3/h10,16-17H,2,6H2,1,3-5H3,(H2,15,20)/b9-8-. The number of Topliss-reactive ketones (excluding diaryl/α,β-unsaturated/α-hetero) is 1. The van der Waals surface area contributed by atoms with E-state index in [4.69, 9.17) is 10.5 Å². The van der Waals surface area contributed by atoms with Gasteiger partial charge < -0.3 is 25.4 Å². The lowest BCUT2D eigenvalue weighted by Crippen LogP contribution is -2.51. The van der Waals surface area contributed by atoms with Gasteiger partial charge >= 0.3 is 17.8 Å². The fourth-order valence-corrected chi connectivity index (χ4v) is 1.36. The molecule has 0 heterocycles. The van der Waals surface area contributed by atoms with E-state index in [-0.39, 0.29) is 5.57 Å². The molecule has 8 nitrogen and oxygen atoms in total. The van der Waals surface area contributed by atoms with Crippen LogP contribution in [0.2, 0.25) is 0 Å². The van der Waals surface area contributed by atoms with Gasteiger partial charge in [0.1, 0.15) is 5.76 Å². The number of carbonyl (C=O) groups is 3. The quantitative estimate of drug-likeness (QED) is 0.277. The Kier molecular flexibility index (Phi) is 6.79. The zero-order valence-electron chi connectivity index (χ0n) is 13.0. The number of aliphatic hydroxyl groups excluding tert-OH is 2. The monoisotopic (exact) mass is 315 g/mol. The number of rotatable bonds is 7. The van der Waals surface area contributed by atoms with Gasteiger partial charge in [-0.1, -0.05) is 13.5 Å². The topological polar surface area (TPSA) is 136 Å². The molecule has 0 saturated heterocycles. The third-order valence-corrected chi connectivity index (χ3v) is 2.85. The molecule has 1 amide bonds. The van der Waals surface area contributed by atoms with Crippen LogP contribution in [0.4, 0.5) is 4.79 Å². The molecule has 0 aromatic carbocycles. The van der Waals surface area contributed by atoms with Gasteiger partial charge in [-0.05, 0) is 25.8 Å². The summed E-state index contributed by atoms with van der Waals surface area (Å²) in [7, 11) is 0. The fraction of sp³-hybridized carbons (Fsp3) is 0.500. The van der Waals surface area contributed by atoms with Crippen molar-refractivity contribution in [3.8, 4) is 0 Å². The fourth-order valence-electron chi connectivity index (χ4n) is 1.36. The lowest BCUT2D eigenvalue weighted by molar-refractivity contribution is -0.204. The molecular formula is C14H21NO7. The summed E-state index contributed by atoms with van der Waals surface area (Å²) >= 11 is 0. The molecular weight excluding hydrogens is 294 g/mol. The Morgan fingerprint density at radius 3 is 2.14 bits per heavy atom. The van der Waals surface area contributed by atoms with Crippen molar-refractivity contribution in [3.63, 3.8) is 0 Å². The average Bonchev–Trinajstić information content (AvgIpc) is 2.42. The Hall–Kier alpha value is -2.35. The highest BCUT2D eigenvalue weighted by Gasteiger charge is 2.46. The van der Waals surface area contributed by atoms with Crippen molar-refractivity contribution in [2.24, 2.45) is 5.73 Å². The highest BCUT2D eigenvalue weighted by Crippen LogP contribution is 2.22. The molecule has 2 unspecified atom stereocenters. The Morgan fingerprint density at radius 1 is 1.27 bits per heavy atom. The maximum absolute atomic E-state index is 12.2. The number of hydrogen-bond acceptors (Lipinski definition) is 7. The molecule has 0 aliphatic carbocycles. The van der Waals surface area contributed by atoms with Crippen LogP contribution in [0.25, 0.3) is 0 Å². The molecule has 22 heavy (non-hydrogen) atoms. The van der Waals surface area contributed by atoms with Crippen LogP contribution in [-0.4, -0.2) is 39.9 Å². The summed E-state index contributed by atoms with van der Waals surface area (Å²) in [6.45, 7) is 8.76. The van der Waals surface area contributed by atoms with Crippen LogP contribution in [0.15, 0.2) is 23.5 Å². The Labute approximate surface area is 128 Å². The van der Waals surface area contributed by atoms with E-state index in [2.05, 4.69) is 11.3 Å². The van der Waals surface area contributed by atoms with E-state index in [9.17, 15) is 24.6 Å². The molecule has 0 aromatic rings. The van der Waals surface area contributed by atoms with E-state index in [0.717, 1.165) is 6.92 Å². The van der Waals surface area contributed by atoms with E-state index in [1.165, 1.54) is 13.8 Å².